The van der Waals surface area contributed by atoms with Crippen molar-refractivity contribution in [1.82, 2.24) is 5.32 Å². The molecule has 0 heterocycles. The molecule has 0 spiro atoms. The molecule has 1 aliphatic rings. The maximum atomic E-state index is 14.1. The van der Waals surface area contributed by atoms with E-state index in [4.69, 9.17) is 4.74 Å². The highest BCUT2D eigenvalue weighted by Gasteiger charge is 2.28. The molecule has 1 aromatic rings. The average Bonchev–Trinajstić information content (AvgIpc) is 2.43. The number of benzene rings is 1. The Hall–Kier alpha value is -0.930. The van der Waals surface area contributed by atoms with E-state index in [0.717, 1.165) is 19.4 Å². The predicted octanol–water partition coefficient (Wildman–Crippen LogP) is 4.32. The van der Waals surface area contributed by atoms with E-state index in [1.165, 1.54) is 12.5 Å². The van der Waals surface area contributed by atoms with Gasteiger partial charge in [0, 0.05) is 12.1 Å². The Labute approximate surface area is 128 Å². The summed E-state index contributed by atoms with van der Waals surface area (Å²) in [6.07, 6.45) is 3.49. The van der Waals surface area contributed by atoms with Crippen LogP contribution in [-0.4, -0.2) is 19.2 Å². The average molecular weight is 293 g/mol. The lowest BCUT2D eigenvalue weighted by Crippen LogP contribution is -2.31. The molecule has 1 saturated carbocycles. The van der Waals surface area contributed by atoms with Crippen LogP contribution in [0.5, 0.6) is 0 Å². The van der Waals surface area contributed by atoms with Crippen molar-refractivity contribution in [2.24, 2.45) is 11.8 Å². The molecular weight excluding hydrogens is 265 g/mol. The summed E-state index contributed by atoms with van der Waals surface area (Å²) in [7, 11) is 0. The van der Waals surface area contributed by atoms with E-state index in [-0.39, 0.29) is 18.0 Å². The van der Waals surface area contributed by atoms with Crippen LogP contribution >= 0.6 is 0 Å². The van der Waals surface area contributed by atoms with Crippen LogP contribution in [0.2, 0.25) is 0 Å². The molecule has 0 saturated heterocycles. The SMILES string of the molecule is CCNCC(OC1CC(C)CC(C)C1)c1ccccc1F. The zero-order chi connectivity index (χ0) is 15.2. The fourth-order valence-electron chi connectivity index (χ4n) is 3.46. The van der Waals surface area contributed by atoms with Gasteiger partial charge in [0.15, 0.2) is 0 Å². The predicted molar refractivity (Wildman–Crippen MR) is 84.7 cm³/mol. The van der Waals surface area contributed by atoms with Crippen molar-refractivity contribution < 1.29 is 9.13 Å². The Morgan fingerprint density at radius 3 is 2.48 bits per heavy atom. The summed E-state index contributed by atoms with van der Waals surface area (Å²) >= 11 is 0. The number of nitrogens with one attached hydrogen (secondary N) is 1. The van der Waals surface area contributed by atoms with Crippen molar-refractivity contribution in [2.45, 2.75) is 52.2 Å². The molecule has 0 amide bonds. The summed E-state index contributed by atoms with van der Waals surface area (Å²) < 4.78 is 20.4. The van der Waals surface area contributed by atoms with Crippen molar-refractivity contribution in [3.8, 4) is 0 Å². The third-order valence-corrected chi connectivity index (χ3v) is 4.32. The normalized spacial score (nSPS) is 27.5. The molecule has 3 heteroatoms. The van der Waals surface area contributed by atoms with Crippen molar-refractivity contribution in [3.05, 3.63) is 35.6 Å². The Kier molecular flexibility index (Phi) is 6.19. The topological polar surface area (TPSA) is 21.3 Å². The first-order valence-corrected chi connectivity index (χ1v) is 8.20. The number of likely N-dealkylation sites (N-methyl/N-ethyl adjacent to an activating group) is 1. The third kappa shape index (κ3) is 4.79. The van der Waals surface area contributed by atoms with Crippen LogP contribution in [0.1, 0.15) is 51.7 Å². The maximum Gasteiger partial charge on any atom is 0.129 e. The van der Waals surface area contributed by atoms with Gasteiger partial charge in [-0.1, -0.05) is 39.0 Å². The summed E-state index contributed by atoms with van der Waals surface area (Å²) in [5.74, 6) is 1.22. The van der Waals surface area contributed by atoms with Gasteiger partial charge in [0.25, 0.3) is 0 Å². The molecule has 2 rings (SSSR count). The second-order valence-electron chi connectivity index (χ2n) is 6.49. The Balaban J connectivity index is 2.07. The summed E-state index contributed by atoms with van der Waals surface area (Å²) in [6, 6.07) is 6.97. The molecule has 0 aromatic heterocycles. The first-order chi connectivity index (χ1) is 10.1. The second kappa shape index (κ2) is 7.90. The van der Waals surface area contributed by atoms with Gasteiger partial charge in [-0.2, -0.15) is 0 Å². The van der Waals surface area contributed by atoms with Crippen molar-refractivity contribution in [3.63, 3.8) is 0 Å². The van der Waals surface area contributed by atoms with Gasteiger partial charge in [-0.25, -0.2) is 4.39 Å². The van der Waals surface area contributed by atoms with Crippen molar-refractivity contribution in [1.29, 1.82) is 0 Å². The standard InChI is InChI=1S/C18H28FNO/c1-4-20-12-18(16-7-5-6-8-17(16)19)21-15-10-13(2)9-14(3)11-15/h5-8,13-15,18,20H,4,9-12H2,1-3H3. The quantitative estimate of drug-likeness (QED) is 0.843. The number of ether oxygens (including phenoxy) is 1. The lowest BCUT2D eigenvalue weighted by molar-refractivity contribution is -0.0507. The van der Waals surface area contributed by atoms with E-state index in [0.29, 0.717) is 23.9 Å². The van der Waals surface area contributed by atoms with Gasteiger partial charge in [-0.05, 0) is 43.7 Å². The van der Waals surface area contributed by atoms with Crippen LogP contribution in [-0.2, 0) is 4.74 Å². The fourth-order valence-corrected chi connectivity index (χ4v) is 3.46. The third-order valence-electron chi connectivity index (χ3n) is 4.32. The van der Waals surface area contributed by atoms with Gasteiger partial charge in [-0.3, -0.25) is 0 Å². The van der Waals surface area contributed by atoms with Crippen LogP contribution in [0.3, 0.4) is 0 Å². The Morgan fingerprint density at radius 1 is 1.19 bits per heavy atom. The summed E-state index contributed by atoms with van der Waals surface area (Å²) in [5, 5.41) is 3.29. The van der Waals surface area contributed by atoms with Crippen LogP contribution in [0.15, 0.2) is 24.3 Å². The maximum absolute atomic E-state index is 14.1. The smallest absolute Gasteiger partial charge is 0.129 e. The van der Waals surface area contributed by atoms with E-state index in [9.17, 15) is 4.39 Å². The lowest BCUT2D eigenvalue weighted by atomic mass is 9.81. The molecule has 0 radical (unpaired) electrons. The summed E-state index contributed by atoms with van der Waals surface area (Å²) in [6.45, 7) is 8.16. The molecular formula is C18H28FNO. The summed E-state index contributed by atoms with van der Waals surface area (Å²) in [4.78, 5) is 0. The Bertz CT molecular complexity index is 427. The molecule has 1 N–H and O–H groups in total. The molecule has 1 aliphatic carbocycles. The van der Waals surface area contributed by atoms with E-state index in [1.54, 1.807) is 6.07 Å². The minimum atomic E-state index is -0.200. The van der Waals surface area contributed by atoms with E-state index in [2.05, 4.69) is 26.1 Å². The second-order valence-corrected chi connectivity index (χ2v) is 6.49. The number of rotatable bonds is 6. The van der Waals surface area contributed by atoms with Gasteiger partial charge in [0.2, 0.25) is 0 Å². The minimum absolute atomic E-state index is 0.169. The first kappa shape index (κ1) is 16.4. The van der Waals surface area contributed by atoms with E-state index >= 15 is 0 Å². The Morgan fingerprint density at radius 2 is 1.86 bits per heavy atom. The fraction of sp³-hybridized carbons (Fsp3) is 0.667. The molecule has 0 aliphatic heterocycles. The highest BCUT2D eigenvalue weighted by Crippen LogP contribution is 2.33. The van der Waals surface area contributed by atoms with Crippen LogP contribution in [0.4, 0.5) is 4.39 Å². The van der Waals surface area contributed by atoms with E-state index < -0.39 is 0 Å². The molecule has 1 aromatic carbocycles. The number of hydrogen-bond donors (Lipinski definition) is 1. The number of halogens is 1. The number of hydrogen-bond acceptors (Lipinski definition) is 2. The van der Waals surface area contributed by atoms with Crippen molar-refractivity contribution >= 4 is 0 Å². The molecule has 21 heavy (non-hydrogen) atoms. The monoisotopic (exact) mass is 293 g/mol. The summed E-state index contributed by atoms with van der Waals surface area (Å²) in [5.41, 5.74) is 0.671. The highest BCUT2D eigenvalue weighted by atomic mass is 19.1. The zero-order valence-corrected chi connectivity index (χ0v) is 13.4. The van der Waals surface area contributed by atoms with Gasteiger partial charge in [-0.15, -0.1) is 0 Å². The zero-order valence-electron chi connectivity index (χ0n) is 13.4. The molecule has 0 bridgehead atoms. The van der Waals surface area contributed by atoms with Crippen LogP contribution in [0.25, 0.3) is 0 Å². The highest BCUT2D eigenvalue weighted by molar-refractivity contribution is 5.20. The first-order valence-electron chi connectivity index (χ1n) is 8.20. The van der Waals surface area contributed by atoms with Crippen molar-refractivity contribution in [2.75, 3.05) is 13.1 Å². The minimum Gasteiger partial charge on any atom is -0.369 e. The van der Waals surface area contributed by atoms with Gasteiger partial charge < -0.3 is 10.1 Å². The van der Waals surface area contributed by atoms with Gasteiger partial charge in [0.1, 0.15) is 5.82 Å². The molecule has 3 unspecified atom stereocenters. The lowest BCUT2D eigenvalue weighted by Gasteiger charge is -2.34. The van der Waals surface area contributed by atoms with Gasteiger partial charge in [0.05, 0.1) is 12.2 Å². The van der Waals surface area contributed by atoms with Crippen LogP contribution < -0.4 is 5.32 Å². The van der Waals surface area contributed by atoms with Crippen LogP contribution in [0, 0.1) is 17.7 Å². The van der Waals surface area contributed by atoms with E-state index in [1.807, 2.05) is 12.1 Å². The van der Waals surface area contributed by atoms with Gasteiger partial charge >= 0.3 is 0 Å². The molecule has 1 fully saturated rings. The molecule has 2 nitrogen and oxygen atoms in total. The molecule has 118 valence electrons. The largest absolute Gasteiger partial charge is 0.369 e. The molecule has 3 atom stereocenters.